The largest absolute Gasteiger partial charge is 0.481 e. The number of carboxylic acid groups (broad SMARTS) is 1. The van der Waals surface area contributed by atoms with Crippen molar-refractivity contribution in [1.82, 2.24) is 15.1 Å². The van der Waals surface area contributed by atoms with E-state index in [0.29, 0.717) is 0 Å². The van der Waals surface area contributed by atoms with Gasteiger partial charge in [0.1, 0.15) is 0 Å². The lowest BCUT2D eigenvalue weighted by atomic mass is 9.79. The molecule has 0 aromatic carbocycles. The summed E-state index contributed by atoms with van der Waals surface area (Å²) in [6.45, 7) is 3.60. The van der Waals surface area contributed by atoms with E-state index in [4.69, 9.17) is 0 Å². The number of carbonyl (C=O) groups is 1. The Bertz CT molecular complexity index is 442. The molecule has 1 aromatic rings. The summed E-state index contributed by atoms with van der Waals surface area (Å²) < 4.78 is 1.86. The number of aliphatic carboxylic acids is 1. The molecule has 5 nitrogen and oxygen atoms in total. The number of aryl methyl sites for hydroxylation is 1. The molecule has 2 N–H and O–H groups in total. The number of nitrogens with one attached hydrogen (secondary N) is 1. The number of nitrogens with zero attached hydrogens (tertiary/aromatic N) is 2. The lowest BCUT2D eigenvalue weighted by molar-refractivity contribution is -0.144. The highest BCUT2D eigenvalue weighted by atomic mass is 16.4. The van der Waals surface area contributed by atoms with Crippen LogP contribution in [0.2, 0.25) is 0 Å². The predicted octanol–water partition coefficient (Wildman–Crippen LogP) is 1.71. The van der Waals surface area contributed by atoms with Gasteiger partial charge in [-0.25, -0.2) is 0 Å². The number of carboxylic acids is 1. The van der Waals surface area contributed by atoms with Crippen LogP contribution < -0.4 is 5.32 Å². The Balaban J connectivity index is 1.84. The SMILES string of the molecule is Cc1c(CNCC2CCCCC2C(=O)O)cnn1C. The monoisotopic (exact) mass is 265 g/mol. The first kappa shape index (κ1) is 14.1. The Kier molecular flexibility index (Phi) is 4.58. The molecule has 1 fully saturated rings. The van der Waals surface area contributed by atoms with Gasteiger partial charge in [-0.3, -0.25) is 9.48 Å². The molecule has 0 amide bonds. The molecule has 106 valence electrons. The zero-order valence-corrected chi connectivity index (χ0v) is 11.7. The van der Waals surface area contributed by atoms with Gasteiger partial charge in [0, 0.05) is 24.8 Å². The second kappa shape index (κ2) is 6.19. The third-order valence-corrected chi connectivity index (χ3v) is 4.29. The summed E-state index contributed by atoms with van der Waals surface area (Å²) in [5.41, 5.74) is 2.34. The van der Waals surface area contributed by atoms with Gasteiger partial charge in [-0.2, -0.15) is 5.10 Å². The summed E-state index contributed by atoms with van der Waals surface area (Å²) in [5.74, 6) is -0.538. The van der Waals surface area contributed by atoms with Crippen LogP contribution in [0.1, 0.15) is 36.9 Å². The standard InChI is InChI=1S/C14H23N3O2/c1-10-12(9-16-17(10)2)8-15-7-11-5-3-4-6-13(11)14(18)19/h9,11,13,15H,3-8H2,1-2H3,(H,18,19). The summed E-state index contributed by atoms with van der Waals surface area (Å²) in [7, 11) is 1.93. The van der Waals surface area contributed by atoms with E-state index in [-0.39, 0.29) is 11.8 Å². The summed E-state index contributed by atoms with van der Waals surface area (Å²) in [5, 5.41) is 16.8. The minimum Gasteiger partial charge on any atom is -0.481 e. The van der Waals surface area contributed by atoms with Crippen LogP contribution in [-0.2, 0) is 18.4 Å². The minimum atomic E-state index is -0.635. The fourth-order valence-corrected chi connectivity index (χ4v) is 2.89. The van der Waals surface area contributed by atoms with Gasteiger partial charge in [-0.15, -0.1) is 0 Å². The van der Waals surface area contributed by atoms with Crippen LogP contribution in [0.5, 0.6) is 0 Å². The molecule has 1 saturated carbocycles. The molecule has 0 spiro atoms. The molecule has 1 aliphatic carbocycles. The average Bonchev–Trinajstić information content (AvgIpc) is 2.71. The quantitative estimate of drug-likeness (QED) is 0.850. The van der Waals surface area contributed by atoms with Crippen molar-refractivity contribution in [3.8, 4) is 0 Å². The lowest BCUT2D eigenvalue weighted by Crippen LogP contribution is -2.34. The van der Waals surface area contributed by atoms with Crippen molar-refractivity contribution in [2.24, 2.45) is 18.9 Å². The second-order valence-electron chi connectivity index (χ2n) is 5.50. The molecule has 1 aliphatic rings. The molecular formula is C14H23N3O2. The predicted molar refractivity (Wildman–Crippen MR) is 72.7 cm³/mol. The smallest absolute Gasteiger partial charge is 0.306 e. The van der Waals surface area contributed by atoms with Crippen molar-refractivity contribution >= 4 is 5.97 Å². The molecular weight excluding hydrogens is 242 g/mol. The van der Waals surface area contributed by atoms with Gasteiger partial charge in [0.25, 0.3) is 0 Å². The average molecular weight is 265 g/mol. The Morgan fingerprint density at radius 3 is 2.89 bits per heavy atom. The first-order valence-corrected chi connectivity index (χ1v) is 7.00. The second-order valence-corrected chi connectivity index (χ2v) is 5.50. The van der Waals surface area contributed by atoms with Crippen molar-refractivity contribution < 1.29 is 9.90 Å². The Morgan fingerprint density at radius 2 is 2.26 bits per heavy atom. The van der Waals surface area contributed by atoms with Gasteiger partial charge in [0.05, 0.1) is 12.1 Å². The normalized spacial score (nSPS) is 23.5. The van der Waals surface area contributed by atoms with Gasteiger partial charge < -0.3 is 10.4 Å². The highest BCUT2D eigenvalue weighted by molar-refractivity contribution is 5.70. The Morgan fingerprint density at radius 1 is 1.53 bits per heavy atom. The van der Waals surface area contributed by atoms with Crippen LogP contribution in [0.25, 0.3) is 0 Å². The lowest BCUT2D eigenvalue weighted by Gasteiger charge is -2.28. The molecule has 0 saturated heterocycles. The molecule has 0 aliphatic heterocycles. The maximum Gasteiger partial charge on any atom is 0.306 e. The zero-order chi connectivity index (χ0) is 13.8. The maximum atomic E-state index is 11.2. The zero-order valence-electron chi connectivity index (χ0n) is 11.7. The van der Waals surface area contributed by atoms with Gasteiger partial charge in [-0.1, -0.05) is 12.8 Å². The van der Waals surface area contributed by atoms with E-state index in [1.807, 2.05) is 24.9 Å². The number of hydrogen-bond donors (Lipinski definition) is 2. The highest BCUT2D eigenvalue weighted by Gasteiger charge is 2.30. The van der Waals surface area contributed by atoms with Crippen LogP contribution in [-0.4, -0.2) is 27.4 Å². The van der Waals surface area contributed by atoms with Crippen LogP contribution in [0.4, 0.5) is 0 Å². The van der Waals surface area contributed by atoms with Crippen LogP contribution >= 0.6 is 0 Å². The van der Waals surface area contributed by atoms with E-state index in [2.05, 4.69) is 10.4 Å². The number of aromatic nitrogens is 2. The van der Waals surface area contributed by atoms with Crippen LogP contribution in [0.3, 0.4) is 0 Å². The van der Waals surface area contributed by atoms with E-state index >= 15 is 0 Å². The molecule has 2 rings (SSSR count). The first-order valence-electron chi connectivity index (χ1n) is 7.00. The molecule has 2 atom stereocenters. The third kappa shape index (κ3) is 3.35. The third-order valence-electron chi connectivity index (χ3n) is 4.29. The van der Waals surface area contributed by atoms with Gasteiger partial charge in [0.2, 0.25) is 0 Å². The Labute approximate surface area is 114 Å². The fourth-order valence-electron chi connectivity index (χ4n) is 2.89. The van der Waals surface area contributed by atoms with Crippen molar-refractivity contribution in [3.63, 3.8) is 0 Å². The van der Waals surface area contributed by atoms with E-state index in [1.165, 1.54) is 5.56 Å². The van der Waals surface area contributed by atoms with E-state index in [0.717, 1.165) is 44.5 Å². The van der Waals surface area contributed by atoms with Crippen LogP contribution in [0, 0.1) is 18.8 Å². The van der Waals surface area contributed by atoms with Gasteiger partial charge in [-0.05, 0) is 32.2 Å². The number of rotatable bonds is 5. The molecule has 5 heteroatoms. The first-order chi connectivity index (χ1) is 9.09. The van der Waals surface area contributed by atoms with Gasteiger partial charge >= 0.3 is 5.97 Å². The van der Waals surface area contributed by atoms with Crippen LogP contribution in [0.15, 0.2) is 6.20 Å². The van der Waals surface area contributed by atoms with E-state index in [9.17, 15) is 9.90 Å². The minimum absolute atomic E-state index is 0.170. The molecule has 1 aromatic heterocycles. The summed E-state index contributed by atoms with van der Waals surface area (Å²) in [6.07, 6.45) is 5.93. The summed E-state index contributed by atoms with van der Waals surface area (Å²) >= 11 is 0. The highest BCUT2D eigenvalue weighted by Crippen LogP contribution is 2.29. The Hall–Kier alpha value is -1.36. The fraction of sp³-hybridized carbons (Fsp3) is 0.714. The summed E-state index contributed by atoms with van der Waals surface area (Å²) in [6, 6.07) is 0. The molecule has 19 heavy (non-hydrogen) atoms. The van der Waals surface area contributed by atoms with E-state index in [1.54, 1.807) is 0 Å². The summed E-state index contributed by atoms with van der Waals surface area (Å²) in [4.78, 5) is 11.2. The molecule has 1 heterocycles. The maximum absolute atomic E-state index is 11.2. The number of hydrogen-bond acceptors (Lipinski definition) is 3. The molecule has 0 radical (unpaired) electrons. The van der Waals surface area contributed by atoms with Crippen molar-refractivity contribution in [1.29, 1.82) is 0 Å². The molecule has 2 unspecified atom stereocenters. The van der Waals surface area contributed by atoms with Gasteiger partial charge in [0.15, 0.2) is 0 Å². The topological polar surface area (TPSA) is 67.2 Å². The van der Waals surface area contributed by atoms with Crippen molar-refractivity contribution in [2.45, 2.75) is 39.2 Å². The molecule has 0 bridgehead atoms. The van der Waals surface area contributed by atoms with Crippen molar-refractivity contribution in [2.75, 3.05) is 6.54 Å². The van der Waals surface area contributed by atoms with E-state index < -0.39 is 5.97 Å². The van der Waals surface area contributed by atoms with Crippen molar-refractivity contribution in [3.05, 3.63) is 17.5 Å².